The summed E-state index contributed by atoms with van der Waals surface area (Å²) < 4.78 is 0. The van der Waals surface area contributed by atoms with Crippen LogP contribution in [-0.4, -0.2) is 16.0 Å². The van der Waals surface area contributed by atoms with E-state index in [0.717, 1.165) is 21.9 Å². The average Bonchev–Trinajstić information content (AvgIpc) is 2.62. The maximum Gasteiger partial charge on any atom is 0.0693 e. The highest BCUT2D eigenvalue weighted by Crippen LogP contribution is 2.20. The molecule has 1 aromatic rings. The van der Waals surface area contributed by atoms with Crippen LogP contribution in [0, 0.1) is 5.41 Å². The van der Waals surface area contributed by atoms with Crippen molar-refractivity contribution in [3.63, 3.8) is 0 Å². The highest BCUT2D eigenvalue weighted by atomic mass is 16.5. The van der Waals surface area contributed by atoms with Crippen LogP contribution in [0.1, 0.15) is 5.56 Å². The molecular formula is C21H19N3O. The topological polar surface area (TPSA) is 73.3 Å². The highest BCUT2D eigenvalue weighted by Gasteiger charge is 2.10. The van der Waals surface area contributed by atoms with Gasteiger partial charge in [-0.3, -0.25) is 5.21 Å². The van der Waals surface area contributed by atoms with Gasteiger partial charge in [0, 0.05) is 5.69 Å². The Hall–Kier alpha value is -3.37. The molecule has 1 aliphatic carbocycles. The zero-order valence-electron chi connectivity index (χ0n) is 13.6. The van der Waals surface area contributed by atoms with Gasteiger partial charge in [0.15, 0.2) is 0 Å². The molecule has 0 spiro atoms. The summed E-state index contributed by atoms with van der Waals surface area (Å²) in [5, 5.41) is 19.0. The van der Waals surface area contributed by atoms with Crippen molar-refractivity contribution < 1.29 is 5.21 Å². The molecule has 0 saturated carbocycles. The predicted molar refractivity (Wildman–Crippen MR) is 103 cm³/mol. The third kappa shape index (κ3) is 4.34. The molecule has 0 saturated heterocycles. The fourth-order valence-corrected chi connectivity index (χ4v) is 2.35. The van der Waals surface area contributed by atoms with Gasteiger partial charge in [-0.1, -0.05) is 42.5 Å². The first kappa shape index (κ1) is 16.5. The van der Waals surface area contributed by atoms with Gasteiger partial charge >= 0.3 is 0 Å². The maximum atomic E-state index is 10.4. The molecule has 4 nitrogen and oxygen atoms in total. The van der Waals surface area contributed by atoms with E-state index in [0.29, 0.717) is 17.1 Å². The lowest BCUT2D eigenvalue weighted by Gasteiger charge is -2.21. The summed E-state index contributed by atoms with van der Waals surface area (Å²) in [7, 11) is 0. The van der Waals surface area contributed by atoms with Gasteiger partial charge in [-0.05, 0) is 59.7 Å². The largest absolute Gasteiger partial charge is 0.399 e. The number of anilines is 1. The SMILES string of the molecule is N=C1C=CC(=CC=C2C=CC=C(/C=C/c3ccc(N)cc3)N2O)C=C1. The number of benzene rings is 1. The number of hydroxylamine groups is 2. The van der Waals surface area contributed by atoms with Gasteiger partial charge in [-0.15, -0.1) is 0 Å². The van der Waals surface area contributed by atoms with E-state index in [1.165, 1.54) is 0 Å². The van der Waals surface area contributed by atoms with Crippen LogP contribution in [0.3, 0.4) is 0 Å². The molecule has 1 aliphatic heterocycles. The Morgan fingerprint density at radius 3 is 2.36 bits per heavy atom. The van der Waals surface area contributed by atoms with Crippen molar-refractivity contribution in [2.24, 2.45) is 0 Å². The second-order valence-corrected chi connectivity index (χ2v) is 5.64. The lowest BCUT2D eigenvalue weighted by atomic mass is 10.1. The second-order valence-electron chi connectivity index (χ2n) is 5.64. The summed E-state index contributed by atoms with van der Waals surface area (Å²) in [4.78, 5) is 0. The quantitative estimate of drug-likeness (QED) is 0.720. The van der Waals surface area contributed by atoms with E-state index in [1.807, 2.05) is 78.9 Å². The first-order chi connectivity index (χ1) is 12.1. The second kappa shape index (κ2) is 7.47. The van der Waals surface area contributed by atoms with Crippen LogP contribution >= 0.6 is 0 Å². The Balaban J connectivity index is 1.73. The van der Waals surface area contributed by atoms with E-state index < -0.39 is 0 Å². The molecule has 1 heterocycles. The van der Waals surface area contributed by atoms with Gasteiger partial charge in [0.25, 0.3) is 0 Å². The molecule has 4 N–H and O–H groups in total. The van der Waals surface area contributed by atoms with E-state index in [-0.39, 0.29) is 0 Å². The van der Waals surface area contributed by atoms with Crippen LogP contribution in [0.15, 0.2) is 102 Å². The molecule has 0 amide bonds. The Morgan fingerprint density at radius 1 is 0.920 bits per heavy atom. The minimum absolute atomic E-state index is 0.476. The number of allylic oxidation sites excluding steroid dienone is 11. The zero-order chi connectivity index (χ0) is 17.6. The molecule has 0 atom stereocenters. The highest BCUT2D eigenvalue weighted by molar-refractivity contribution is 6.03. The lowest BCUT2D eigenvalue weighted by Crippen LogP contribution is -2.17. The molecule has 2 aliphatic rings. The minimum Gasteiger partial charge on any atom is -0.399 e. The van der Waals surface area contributed by atoms with Crippen molar-refractivity contribution in [2.45, 2.75) is 0 Å². The smallest absolute Gasteiger partial charge is 0.0693 e. The van der Waals surface area contributed by atoms with Crippen LogP contribution in [0.25, 0.3) is 6.08 Å². The number of rotatable bonds is 3. The van der Waals surface area contributed by atoms with E-state index >= 15 is 0 Å². The van der Waals surface area contributed by atoms with Crippen LogP contribution in [-0.2, 0) is 0 Å². The number of nitrogens with one attached hydrogen (secondary N) is 1. The molecule has 124 valence electrons. The Labute approximate surface area is 147 Å². The van der Waals surface area contributed by atoms with E-state index in [4.69, 9.17) is 11.1 Å². The van der Waals surface area contributed by atoms with Gasteiger partial charge < -0.3 is 11.1 Å². The van der Waals surface area contributed by atoms with E-state index in [1.54, 1.807) is 12.2 Å². The van der Waals surface area contributed by atoms with Crippen molar-refractivity contribution in [1.29, 1.82) is 5.41 Å². The molecule has 0 radical (unpaired) electrons. The molecule has 0 fully saturated rings. The van der Waals surface area contributed by atoms with E-state index in [9.17, 15) is 5.21 Å². The molecule has 25 heavy (non-hydrogen) atoms. The lowest BCUT2D eigenvalue weighted by molar-refractivity contribution is -0.0109. The molecule has 3 rings (SSSR count). The summed E-state index contributed by atoms with van der Waals surface area (Å²) in [6.45, 7) is 0. The first-order valence-electron chi connectivity index (χ1n) is 7.89. The normalized spacial score (nSPS) is 18.4. The zero-order valence-corrected chi connectivity index (χ0v) is 13.6. The van der Waals surface area contributed by atoms with Crippen molar-refractivity contribution in [1.82, 2.24) is 5.06 Å². The monoisotopic (exact) mass is 329 g/mol. The summed E-state index contributed by atoms with van der Waals surface area (Å²) in [6, 6.07) is 7.53. The van der Waals surface area contributed by atoms with Gasteiger partial charge in [-0.25, -0.2) is 5.06 Å². The summed E-state index contributed by atoms with van der Waals surface area (Å²) in [5.74, 6) is 0. The fraction of sp³-hybridized carbons (Fsp3) is 0. The minimum atomic E-state index is 0.476. The summed E-state index contributed by atoms with van der Waals surface area (Å²) in [6.07, 6.45) is 20.2. The molecule has 4 heteroatoms. The maximum absolute atomic E-state index is 10.4. The summed E-state index contributed by atoms with van der Waals surface area (Å²) >= 11 is 0. The number of hydrogen-bond donors (Lipinski definition) is 3. The molecule has 1 aromatic carbocycles. The summed E-state index contributed by atoms with van der Waals surface area (Å²) in [5.41, 5.74) is 10.2. The molecule has 0 unspecified atom stereocenters. The van der Waals surface area contributed by atoms with Gasteiger partial charge in [0.1, 0.15) is 0 Å². The molecule has 0 aromatic heterocycles. The Kier molecular flexibility index (Phi) is 4.92. The third-order valence-corrected chi connectivity index (χ3v) is 3.76. The van der Waals surface area contributed by atoms with E-state index in [2.05, 4.69) is 0 Å². The fourth-order valence-electron chi connectivity index (χ4n) is 2.35. The van der Waals surface area contributed by atoms with Crippen LogP contribution < -0.4 is 5.73 Å². The van der Waals surface area contributed by atoms with Crippen molar-refractivity contribution in [3.8, 4) is 0 Å². The van der Waals surface area contributed by atoms with Crippen molar-refractivity contribution in [2.75, 3.05) is 5.73 Å². The molecule has 0 bridgehead atoms. The number of nitrogens with two attached hydrogens (primary N) is 1. The Morgan fingerprint density at radius 2 is 1.64 bits per heavy atom. The van der Waals surface area contributed by atoms with Crippen molar-refractivity contribution >= 4 is 17.5 Å². The Bertz CT molecular complexity index is 860. The van der Waals surface area contributed by atoms with Crippen LogP contribution in [0.4, 0.5) is 5.69 Å². The average molecular weight is 329 g/mol. The third-order valence-electron chi connectivity index (χ3n) is 3.76. The number of nitrogens with zero attached hydrogens (tertiary/aromatic N) is 1. The number of nitrogen functional groups attached to an aromatic ring is 1. The molecular weight excluding hydrogens is 310 g/mol. The predicted octanol–water partition coefficient (Wildman–Crippen LogP) is 4.38. The van der Waals surface area contributed by atoms with Gasteiger partial charge in [0.2, 0.25) is 0 Å². The van der Waals surface area contributed by atoms with Crippen LogP contribution in [0.5, 0.6) is 0 Å². The van der Waals surface area contributed by atoms with Crippen molar-refractivity contribution in [3.05, 3.63) is 108 Å². The standard InChI is InChI=1S/C21H19N3O/c22-18-10-4-16(5-11-18)8-14-20-2-1-3-21(24(20)25)15-9-17-6-12-19(23)13-7-17/h1-15,22,25H,23H2/b15-9+,16-8?,20-14?,22-18?. The number of hydrogen-bond acceptors (Lipinski definition) is 4. The van der Waals surface area contributed by atoms with Gasteiger partial charge in [0.05, 0.1) is 17.1 Å². The van der Waals surface area contributed by atoms with Crippen LogP contribution in [0.2, 0.25) is 0 Å². The first-order valence-corrected chi connectivity index (χ1v) is 7.89. The van der Waals surface area contributed by atoms with Gasteiger partial charge in [-0.2, -0.15) is 0 Å².